The minimum Gasteiger partial charge on any atom is -0.473 e. The first kappa shape index (κ1) is 14.9. The first-order chi connectivity index (χ1) is 10.6. The maximum absolute atomic E-state index is 13.2. The van der Waals surface area contributed by atoms with Crippen LogP contribution in [0, 0.1) is 5.95 Å². The summed E-state index contributed by atoms with van der Waals surface area (Å²) in [5.74, 6) is -0.440. The van der Waals surface area contributed by atoms with Crippen molar-refractivity contribution in [3.63, 3.8) is 0 Å². The van der Waals surface area contributed by atoms with Crippen LogP contribution in [0.15, 0.2) is 23.1 Å². The number of hydrogen-bond donors (Lipinski definition) is 1. The predicted octanol–water partition coefficient (Wildman–Crippen LogP) is 2.18. The molecule has 0 saturated carbocycles. The van der Waals surface area contributed by atoms with Gasteiger partial charge in [-0.05, 0) is 6.07 Å². The number of aromatic amines is 1. The van der Waals surface area contributed by atoms with Gasteiger partial charge in [-0.15, -0.1) is 0 Å². The van der Waals surface area contributed by atoms with Crippen molar-refractivity contribution in [1.29, 1.82) is 0 Å². The minimum absolute atomic E-state index is 0.0459. The molecule has 0 bridgehead atoms. The molecule has 22 heavy (non-hydrogen) atoms. The van der Waals surface area contributed by atoms with Crippen LogP contribution in [-0.4, -0.2) is 34.3 Å². The van der Waals surface area contributed by atoms with Gasteiger partial charge in [0, 0.05) is 30.7 Å². The first-order valence-corrected chi connectivity index (χ1v) is 7.17. The molecular weight excluding hydrogens is 313 g/mol. The van der Waals surface area contributed by atoms with E-state index in [9.17, 15) is 9.18 Å². The van der Waals surface area contributed by atoms with E-state index in [2.05, 4.69) is 15.0 Å². The van der Waals surface area contributed by atoms with E-state index in [4.69, 9.17) is 21.1 Å². The highest BCUT2D eigenvalue weighted by atomic mass is 35.5. The van der Waals surface area contributed by atoms with Gasteiger partial charge in [-0.3, -0.25) is 4.79 Å². The van der Waals surface area contributed by atoms with Gasteiger partial charge in [-0.1, -0.05) is 11.6 Å². The molecular formula is C14H13ClFN3O3. The molecule has 1 saturated heterocycles. The zero-order valence-electron chi connectivity index (χ0n) is 11.5. The number of nitrogens with zero attached hydrogens (tertiary/aromatic N) is 2. The average Bonchev–Trinajstić information content (AvgIpc) is 2.52. The molecule has 0 atom stereocenters. The van der Waals surface area contributed by atoms with E-state index in [0.717, 1.165) is 0 Å². The lowest BCUT2D eigenvalue weighted by atomic mass is 10.1. The van der Waals surface area contributed by atoms with Gasteiger partial charge in [0.2, 0.25) is 11.8 Å². The summed E-state index contributed by atoms with van der Waals surface area (Å²) >= 11 is 5.95. The average molecular weight is 326 g/mol. The number of halogens is 2. The molecule has 1 aliphatic heterocycles. The van der Waals surface area contributed by atoms with Crippen molar-refractivity contribution in [1.82, 2.24) is 15.0 Å². The van der Waals surface area contributed by atoms with Crippen molar-refractivity contribution >= 4 is 11.6 Å². The smallest absolute Gasteiger partial charge is 0.273 e. The van der Waals surface area contributed by atoms with Crippen molar-refractivity contribution < 1.29 is 13.9 Å². The number of rotatable bonds is 3. The molecule has 0 aromatic carbocycles. The van der Waals surface area contributed by atoms with Crippen molar-refractivity contribution in [2.45, 2.75) is 18.9 Å². The zero-order chi connectivity index (χ0) is 15.5. The second-order valence-electron chi connectivity index (χ2n) is 4.83. The van der Waals surface area contributed by atoms with Crippen LogP contribution in [0.2, 0.25) is 5.02 Å². The van der Waals surface area contributed by atoms with Crippen molar-refractivity contribution in [3.8, 4) is 17.3 Å². The van der Waals surface area contributed by atoms with Gasteiger partial charge in [0.25, 0.3) is 5.56 Å². The Kier molecular flexibility index (Phi) is 4.35. The molecule has 3 heterocycles. The van der Waals surface area contributed by atoms with Gasteiger partial charge >= 0.3 is 0 Å². The van der Waals surface area contributed by atoms with E-state index in [1.54, 1.807) is 0 Å². The molecule has 1 aliphatic rings. The predicted molar refractivity (Wildman–Crippen MR) is 77.5 cm³/mol. The Morgan fingerprint density at radius 3 is 2.91 bits per heavy atom. The maximum atomic E-state index is 13.2. The number of ether oxygens (including phenoxy) is 2. The lowest BCUT2D eigenvalue weighted by Crippen LogP contribution is -2.27. The number of H-pyrrole nitrogens is 1. The Balaban J connectivity index is 1.94. The van der Waals surface area contributed by atoms with Crippen LogP contribution in [-0.2, 0) is 4.74 Å². The fourth-order valence-corrected chi connectivity index (χ4v) is 2.29. The van der Waals surface area contributed by atoms with Gasteiger partial charge in [-0.2, -0.15) is 9.37 Å². The molecule has 2 aromatic heterocycles. The molecule has 0 amide bonds. The summed E-state index contributed by atoms with van der Waals surface area (Å²) < 4.78 is 24.2. The summed E-state index contributed by atoms with van der Waals surface area (Å²) in [5.41, 5.74) is -0.149. The monoisotopic (exact) mass is 325 g/mol. The summed E-state index contributed by atoms with van der Waals surface area (Å²) in [6.45, 7) is 1.18. The minimum atomic E-state index is -0.665. The summed E-state index contributed by atoms with van der Waals surface area (Å²) in [7, 11) is 0. The number of pyridine rings is 1. The molecule has 0 aliphatic carbocycles. The van der Waals surface area contributed by atoms with Gasteiger partial charge in [0.1, 0.15) is 11.9 Å². The zero-order valence-corrected chi connectivity index (χ0v) is 12.3. The molecule has 116 valence electrons. The Bertz CT molecular complexity index is 732. The highest BCUT2D eigenvalue weighted by Crippen LogP contribution is 2.24. The van der Waals surface area contributed by atoms with Crippen LogP contribution in [0.4, 0.5) is 4.39 Å². The molecule has 8 heteroatoms. The van der Waals surface area contributed by atoms with E-state index in [0.29, 0.717) is 31.6 Å². The second kappa shape index (κ2) is 6.41. The number of nitrogens with one attached hydrogen (secondary N) is 1. The van der Waals surface area contributed by atoms with E-state index < -0.39 is 11.5 Å². The Morgan fingerprint density at radius 1 is 1.41 bits per heavy atom. The Hall–Kier alpha value is -1.99. The molecule has 3 rings (SSSR count). The van der Waals surface area contributed by atoms with Gasteiger partial charge in [0.05, 0.1) is 13.2 Å². The topological polar surface area (TPSA) is 77.1 Å². The molecule has 2 aromatic rings. The van der Waals surface area contributed by atoms with Crippen molar-refractivity contribution in [2.75, 3.05) is 13.2 Å². The molecule has 1 fully saturated rings. The van der Waals surface area contributed by atoms with Gasteiger partial charge in [0.15, 0.2) is 5.02 Å². The highest BCUT2D eigenvalue weighted by Gasteiger charge is 2.20. The second-order valence-corrected chi connectivity index (χ2v) is 5.21. The van der Waals surface area contributed by atoms with Crippen LogP contribution in [0.3, 0.4) is 0 Å². The van der Waals surface area contributed by atoms with E-state index >= 15 is 0 Å². The molecule has 0 radical (unpaired) electrons. The van der Waals surface area contributed by atoms with Crippen LogP contribution >= 0.6 is 11.6 Å². The standard InChI is InChI=1S/C14H13ClFN3O3/c15-11-13(20)18-12(8-1-4-17-10(16)7-8)19-14(11)22-9-2-5-21-6-3-9/h1,4,7,9H,2-3,5-6H2,(H,18,19,20). The lowest BCUT2D eigenvalue weighted by Gasteiger charge is -2.23. The van der Waals surface area contributed by atoms with Gasteiger partial charge < -0.3 is 14.5 Å². The maximum Gasteiger partial charge on any atom is 0.273 e. The molecule has 6 nitrogen and oxygen atoms in total. The van der Waals surface area contributed by atoms with E-state index in [1.807, 2.05) is 0 Å². The third-order valence-corrected chi connectivity index (χ3v) is 3.61. The first-order valence-electron chi connectivity index (χ1n) is 6.79. The molecule has 0 spiro atoms. The largest absolute Gasteiger partial charge is 0.473 e. The summed E-state index contributed by atoms with van der Waals surface area (Å²) in [4.78, 5) is 22.1. The quantitative estimate of drug-likeness (QED) is 0.875. The fraction of sp³-hybridized carbons (Fsp3) is 0.357. The van der Waals surface area contributed by atoms with Crippen molar-refractivity contribution in [3.05, 3.63) is 39.7 Å². The van der Waals surface area contributed by atoms with Gasteiger partial charge in [-0.25, -0.2) is 4.98 Å². The molecule has 0 unspecified atom stereocenters. The summed E-state index contributed by atoms with van der Waals surface area (Å²) in [6.07, 6.45) is 2.58. The number of aromatic nitrogens is 3. The third-order valence-electron chi connectivity index (χ3n) is 3.28. The highest BCUT2D eigenvalue weighted by molar-refractivity contribution is 6.31. The summed E-state index contributed by atoms with van der Waals surface area (Å²) in [6, 6.07) is 2.71. The van der Waals surface area contributed by atoms with Crippen LogP contribution < -0.4 is 10.3 Å². The number of hydrogen-bond acceptors (Lipinski definition) is 5. The van der Waals surface area contributed by atoms with Crippen molar-refractivity contribution in [2.24, 2.45) is 0 Å². The Labute approximate surface area is 130 Å². The van der Waals surface area contributed by atoms with E-state index in [1.165, 1.54) is 18.3 Å². The lowest BCUT2D eigenvalue weighted by molar-refractivity contribution is 0.0237. The summed E-state index contributed by atoms with van der Waals surface area (Å²) in [5, 5.41) is -0.121. The molecule has 1 N–H and O–H groups in total. The Morgan fingerprint density at radius 2 is 2.18 bits per heavy atom. The SMILES string of the molecule is O=c1[nH]c(-c2ccnc(F)c2)nc(OC2CCOCC2)c1Cl. The van der Waals surface area contributed by atoms with Crippen LogP contribution in [0.25, 0.3) is 11.4 Å². The van der Waals surface area contributed by atoms with E-state index in [-0.39, 0.29) is 22.8 Å². The fourth-order valence-electron chi connectivity index (χ4n) is 2.15. The van der Waals surface area contributed by atoms with Crippen LogP contribution in [0.1, 0.15) is 12.8 Å². The third kappa shape index (κ3) is 3.26. The normalized spacial score (nSPS) is 15.7. The van der Waals surface area contributed by atoms with Crippen LogP contribution in [0.5, 0.6) is 5.88 Å².